The standard InChI is InChI=1S/C25H20N4O2/c1-17-20(26-25(31-17)19-12-6-3-7-13-19)16-22(30)28-24-23(18-10-4-2-5-11-18)27-21-14-8-9-15-29(21)24/h2-15H,16H2,1H3,(H,28,30). The number of anilines is 1. The third kappa shape index (κ3) is 3.71. The number of pyridine rings is 1. The number of rotatable bonds is 5. The summed E-state index contributed by atoms with van der Waals surface area (Å²) in [5.74, 6) is 1.60. The average Bonchev–Trinajstić information content (AvgIpc) is 3.36. The van der Waals surface area contributed by atoms with Gasteiger partial charge in [0.25, 0.3) is 0 Å². The van der Waals surface area contributed by atoms with Crippen LogP contribution >= 0.6 is 0 Å². The molecule has 3 aromatic heterocycles. The number of nitrogens with one attached hydrogen (secondary N) is 1. The Morgan fingerprint density at radius 1 is 0.903 bits per heavy atom. The molecular weight excluding hydrogens is 388 g/mol. The van der Waals surface area contributed by atoms with Crippen LogP contribution in [0.3, 0.4) is 0 Å². The second kappa shape index (κ2) is 7.91. The fourth-order valence-corrected chi connectivity index (χ4v) is 3.54. The molecule has 31 heavy (non-hydrogen) atoms. The summed E-state index contributed by atoms with van der Waals surface area (Å²) in [5.41, 5.74) is 3.92. The van der Waals surface area contributed by atoms with E-state index in [2.05, 4.69) is 10.3 Å². The molecule has 0 fully saturated rings. The van der Waals surface area contributed by atoms with Gasteiger partial charge < -0.3 is 9.73 Å². The van der Waals surface area contributed by atoms with E-state index in [4.69, 9.17) is 9.40 Å². The highest BCUT2D eigenvalue weighted by molar-refractivity contribution is 5.95. The molecule has 0 radical (unpaired) electrons. The topological polar surface area (TPSA) is 72.4 Å². The molecule has 0 saturated carbocycles. The lowest BCUT2D eigenvalue weighted by molar-refractivity contribution is -0.115. The number of hydrogen-bond acceptors (Lipinski definition) is 4. The smallest absolute Gasteiger partial charge is 0.231 e. The van der Waals surface area contributed by atoms with Gasteiger partial charge in [0.15, 0.2) is 0 Å². The van der Waals surface area contributed by atoms with Gasteiger partial charge in [-0.1, -0.05) is 54.6 Å². The van der Waals surface area contributed by atoms with Gasteiger partial charge in [0.1, 0.15) is 22.9 Å². The molecule has 0 aliphatic heterocycles. The Labute approximate surface area is 179 Å². The van der Waals surface area contributed by atoms with Gasteiger partial charge in [-0.25, -0.2) is 9.97 Å². The Morgan fingerprint density at radius 3 is 2.32 bits per heavy atom. The zero-order valence-electron chi connectivity index (χ0n) is 16.9. The minimum absolute atomic E-state index is 0.108. The van der Waals surface area contributed by atoms with E-state index >= 15 is 0 Å². The maximum atomic E-state index is 13.0. The molecule has 2 aromatic carbocycles. The highest BCUT2D eigenvalue weighted by atomic mass is 16.4. The van der Waals surface area contributed by atoms with Crippen LogP contribution in [-0.4, -0.2) is 20.3 Å². The zero-order chi connectivity index (χ0) is 21.2. The van der Waals surface area contributed by atoms with E-state index in [1.165, 1.54) is 0 Å². The van der Waals surface area contributed by atoms with E-state index < -0.39 is 0 Å². The highest BCUT2D eigenvalue weighted by Gasteiger charge is 2.19. The molecule has 0 aliphatic carbocycles. The number of imidazole rings is 1. The van der Waals surface area contributed by atoms with Crippen molar-refractivity contribution in [3.05, 3.63) is 96.5 Å². The summed E-state index contributed by atoms with van der Waals surface area (Å²) in [6, 6.07) is 25.2. The van der Waals surface area contributed by atoms with Crippen LogP contribution in [0, 0.1) is 6.92 Å². The largest absolute Gasteiger partial charge is 0.441 e. The number of fused-ring (bicyclic) bond motifs is 1. The van der Waals surface area contributed by atoms with E-state index in [-0.39, 0.29) is 12.3 Å². The van der Waals surface area contributed by atoms with Crippen molar-refractivity contribution in [2.45, 2.75) is 13.3 Å². The fourth-order valence-electron chi connectivity index (χ4n) is 3.54. The Kier molecular flexibility index (Phi) is 4.80. The lowest BCUT2D eigenvalue weighted by Gasteiger charge is -2.07. The summed E-state index contributed by atoms with van der Waals surface area (Å²) < 4.78 is 7.67. The van der Waals surface area contributed by atoms with Crippen LogP contribution in [0.5, 0.6) is 0 Å². The van der Waals surface area contributed by atoms with Gasteiger partial charge >= 0.3 is 0 Å². The number of hydrogen-bond donors (Lipinski definition) is 1. The first kappa shape index (κ1) is 18.8. The number of aromatic nitrogens is 3. The summed E-state index contributed by atoms with van der Waals surface area (Å²) >= 11 is 0. The highest BCUT2D eigenvalue weighted by Crippen LogP contribution is 2.29. The Hall–Kier alpha value is -4.19. The molecule has 1 amide bonds. The zero-order valence-corrected chi connectivity index (χ0v) is 16.9. The number of carbonyl (C=O) groups excluding carboxylic acids is 1. The molecule has 6 nitrogen and oxygen atoms in total. The molecule has 0 unspecified atom stereocenters. The second-order valence-electron chi connectivity index (χ2n) is 7.22. The van der Waals surface area contributed by atoms with Crippen LogP contribution < -0.4 is 5.32 Å². The number of benzene rings is 2. The quantitative estimate of drug-likeness (QED) is 0.437. The molecule has 0 atom stereocenters. The van der Waals surface area contributed by atoms with Crippen molar-refractivity contribution in [3.8, 4) is 22.7 Å². The number of oxazole rings is 1. The molecule has 5 rings (SSSR count). The fraction of sp³-hybridized carbons (Fsp3) is 0.0800. The molecule has 3 heterocycles. The van der Waals surface area contributed by atoms with Crippen LogP contribution in [0.1, 0.15) is 11.5 Å². The van der Waals surface area contributed by atoms with Crippen molar-refractivity contribution in [2.24, 2.45) is 0 Å². The molecule has 0 saturated heterocycles. The monoisotopic (exact) mass is 408 g/mol. The average molecular weight is 408 g/mol. The van der Waals surface area contributed by atoms with Gasteiger partial charge in [-0.2, -0.15) is 0 Å². The van der Waals surface area contributed by atoms with E-state index in [1.54, 1.807) is 0 Å². The summed E-state index contributed by atoms with van der Waals surface area (Å²) in [7, 11) is 0. The van der Waals surface area contributed by atoms with E-state index in [9.17, 15) is 4.79 Å². The maximum Gasteiger partial charge on any atom is 0.231 e. The molecule has 5 aromatic rings. The van der Waals surface area contributed by atoms with Crippen molar-refractivity contribution >= 4 is 17.4 Å². The molecule has 6 heteroatoms. The van der Waals surface area contributed by atoms with Crippen LogP contribution in [-0.2, 0) is 11.2 Å². The minimum Gasteiger partial charge on any atom is -0.441 e. The van der Waals surface area contributed by atoms with Gasteiger partial charge in [-0.05, 0) is 31.2 Å². The first-order chi connectivity index (χ1) is 15.2. The first-order valence-electron chi connectivity index (χ1n) is 10.0. The van der Waals surface area contributed by atoms with Crippen LogP contribution in [0.2, 0.25) is 0 Å². The number of carbonyl (C=O) groups is 1. The first-order valence-corrected chi connectivity index (χ1v) is 10.0. The second-order valence-corrected chi connectivity index (χ2v) is 7.22. The number of nitrogens with zero attached hydrogens (tertiary/aromatic N) is 3. The normalized spacial score (nSPS) is 11.0. The third-order valence-corrected chi connectivity index (χ3v) is 5.08. The lowest BCUT2D eigenvalue weighted by Crippen LogP contribution is -2.17. The van der Waals surface area contributed by atoms with Crippen LogP contribution in [0.15, 0.2) is 89.5 Å². The summed E-state index contributed by atoms with van der Waals surface area (Å²) in [4.78, 5) is 22.2. The van der Waals surface area contributed by atoms with Crippen molar-refractivity contribution in [1.29, 1.82) is 0 Å². The van der Waals surface area contributed by atoms with Gasteiger partial charge in [-0.15, -0.1) is 0 Å². The van der Waals surface area contributed by atoms with Gasteiger partial charge in [0.05, 0.1) is 12.1 Å². The minimum atomic E-state index is -0.182. The molecule has 152 valence electrons. The van der Waals surface area contributed by atoms with Gasteiger partial charge in [0.2, 0.25) is 11.8 Å². The Morgan fingerprint density at radius 2 is 1.58 bits per heavy atom. The number of amides is 1. The number of aryl methyl sites for hydroxylation is 1. The molecule has 1 N–H and O–H groups in total. The van der Waals surface area contributed by atoms with Crippen molar-refractivity contribution in [2.75, 3.05) is 5.32 Å². The van der Waals surface area contributed by atoms with Gasteiger partial charge in [-0.3, -0.25) is 9.20 Å². The van der Waals surface area contributed by atoms with Crippen molar-refractivity contribution < 1.29 is 9.21 Å². The van der Waals surface area contributed by atoms with E-state index in [0.717, 1.165) is 22.5 Å². The predicted molar refractivity (Wildman–Crippen MR) is 120 cm³/mol. The van der Waals surface area contributed by atoms with Crippen LogP contribution in [0.4, 0.5) is 5.82 Å². The summed E-state index contributed by atoms with van der Waals surface area (Å²) in [6.07, 6.45) is 2.00. The van der Waals surface area contributed by atoms with E-state index in [1.807, 2.05) is 96.4 Å². The summed E-state index contributed by atoms with van der Waals surface area (Å²) in [5, 5.41) is 3.04. The van der Waals surface area contributed by atoms with E-state index in [0.29, 0.717) is 23.2 Å². The lowest BCUT2D eigenvalue weighted by atomic mass is 10.1. The third-order valence-electron chi connectivity index (χ3n) is 5.08. The Balaban J connectivity index is 1.45. The molecule has 0 bridgehead atoms. The SMILES string of the molecule is Cc1oc(-c2ccccc2)nc1CC(=O)Nc1c(-c2ccccc2)nc2ccccn12. The molecule has 0 spiro atoms. The Bertz CT molecular complexity index is 1350. The van der Waals surface area contributed by atoms with Crippen molar-refractivity contribution in [3.63, 3.8) is 0 Å². The van der Waals surface area contributed by atoms with Crippen LogP contribution in [0.25, 0.3) is 28.4 Å². The van der Waals surface area contributed by atoms with Crippen molar-refractivity contribution in [1.82, 2.24) is 14.4 Å². The summed E-state index contributed by atoms with van der Waals surface area (Å²) in [6.45, 7) is 1.83. The predicted octanol–water partition coefficient (Wildman–Crippen LogP) is 5.15. The van der Waals surface area contributed by atoms with Gasteiger partial charge in [0, 0.05) is 17.3 Å². The maximum absolute atomic E-state index is 13.0. The molecule has 0 aliphatic rings. The molecular formula is C25H20N4O2.